The van der Waals surface area contributed by atoms with Crippen LogP contribution in [-0.2, 0) is 22.6 Å². The first-order chi connectivity index (χ1) is 22.5. The Morgan fingerprint density at radius 1 is 0.609 bits per heavy atom. The van der Waals surface area contributed by atoms with E-state index in [2.05, 4.69) is 0 Å². The number of benzene rings is 4. The van der Waals surface area contributed by atoms with Gasteiger partial charge in [-0.2, -0.15) is 0 Å². The molecule has 0 amide bonds. The molecule has 236 valence electrons. The number of methoxy groups -OCH3 is 2. The largest absolute Gasteiger partial charge is 0.493 e. The van der Waals surface area contributed by atoms with Gasteiger partial charge in [-0.25, -0.2) is 9.59 Å². The van der Waals surface area contributed by atoms with Gasteiger partial charge in [0.05, 0.1) is 27.4 Å². The standard InChI is InChI=1S/C38H37NO7/c1-5-44-37(40)35-33(28-21-22-31(42-3)32(23-28)43-4)34(29-19-13-14-20-30(29)46-25-27-17-11-8-12-18-27)36(38(41)45-6-2)39(35)24-26-15-9-7-10-16-26/h7-23H,5-6,24-25H2,1-4H3. The molecule has 1 aromatic heterocycles. The highest BCUT2D eigenvalue weighted by molar-refractivity contribution is 6.10. The second-order valence-corrected chi connectivity index (χ2v) is 10.3. The summed E-state index contributed by atoms with van der Waals surface area (Å²) in [6.45, 7) is 4.28. The summed E-state index contributed by atoms with van der Waals surface area (Å²) in [5.41, 5.74) is 4.46. The van der Waals surface area contributed by atoms with Gasteiger partial charge in [-0.3, -0.25) is 0 Å². The first-order valence-electron chi connectivity index (χ1n) is 15.1. The highest BCUT2D eigenvalue weighted by Gasteiger charge is 2.35. The molecule has 0 aliphatic rings. The molecule has 0 saturated heterocycles. The van der Waals surface area contributed by atoms with Crippen molar-refractivity contribution in [1.29, 1.82) is 0 Å². The number of nitrogens with zero attached hydrogens (tertiary/aromatic N) is 1. The number of carbonyl (C=O) groups is 2. The Balaban J connectivity index is 1.87. The number of hydrogen-bond acceptors (Lipinski definition) is 7. The second kappa shape index (κ2) is 15.0. The fourth-order valence-electron chi connectivity index (χ4n) is 5.44. The summed E-state index contributed by atoms with van der Waals surface area (Å²) < 4.78 is 30.6. The van der Waals surface area contributed by atoms with Gasteiger partial charge in [0, 0.05) is 23.2 Å². The van der Waals surface area contributed by atoms with Gasteiger partial charge in [-0.1, -0.05) is 84.9 Å². The van der Waals surface area contributed by atoms with E-state index in [1.165, 1.54) is 0 Å². The molecule has 46 heavy (non-hydrogen) atoms. The smallest absolute Gasteiger partial charge is 0.355 e. The van der Waals surface area contributed by atoms with Crippen molar-refractivity contribution in [2.24, 2.45) is 0 Å². The lowest BCUT2D eigenvalue weighted by Gasteiger charge is -2.16. The van der Waals surface area contributed by atoms with Crippen molar-refractivity contribution in [3.63, 3.8) is 0 Å². The molecular weight excluding hydrogens is 582 g/mol. The van der Waals surface area contributed by atoms with E-state index in [1.54, 1.807) is 44.8 Å². The second-order valence-electron chi connectivity index (χ2n) is 10.3. The number of esters is 2. The Bertz CT molecular complexity index is 1800. The number of rotatable bonds is 13. The van der Waals surface area contributed by atoms with Crippen LogP contribution in [0.3, 0.4) is 0 Å². The third-order valence-corrected chi connectivity index (χ3v) is 7.45. The summed E-state index contributed by atoms with van der Waals surface area (Å²) in [5, 5.41) is 0. The van der Waals surface area contributed by atoms with Crippen molar-refractivity contribution in [3.8, 4) is 39.5 Å². The van der Waals surface area contributed by atoms with E-state index in [0.717, 1.165) is 11.1 Å². The van der Waals surface area contributed by atoms with Crippen LogP contribution < -0.4 is 14.2 Å². The van der Waals surface area contributed by atoms with E-state index in [-0.39, 0.29) is 31.1 Å². The molecule has 5 rings (SSSR count). The summed E-state index contributed by atoms with van der Waals surface area (Å²) in [4.78, 5) is 28.1. The highest BCUT2D eigenvalue weighted by atomic mass is 16.5. The van der Waals surface area contributed by atoms with E-state index in [1.807, 2.05) is 91.0 Å². The zero-order valence-corrected chi connectivity index (χ0v) is 26.4. The SMILES string of the molecule is CCOC(=O)c1c(-c2ccc(OC)c(OC)c2)c(-c2ccccc2OCc2ccccc2)c(C(=O)OCC)n1Cc1ccccc1. The molecule has 0 radical (unpaired) electrons. The topological polar surface area (TPSA) is 85.2 Å². The van der Waals surface area contributed by atoms with E-state index in [0.29, 0.717) is 46.1 Å². The van der Waals surface area contributed by atoms with Crippen LogP contribution in [0.15, 0.2) is 103 Å². The van der Waals surface area contributed by atoms with Crippen LogP contribution in [-0.4, -0.2) is 43.9 Å². The summed E-state index contributed by atoms with van der Waals surface area (Å²) in [6.07, 6.45) is 0. The lowest BCUT2D eigenvalue weighted by atomic mass is 9.93. The molecule has 0 bridgehead atoms. The van der Waals surface area contributed by atoms with Gasteiger partial charge in [0.25, 0.3) is 0 Å². The molecule has 0 atom stereocenters. The van der Waals surface area contributed by atoms with Crippen LogP contribution in [0.1, 0.15) is 46.0 Å². The molecule has 5 aromatic rings. The van der Waals surface area contributed by atoms with Gasteiger partial charge in [0.1, 0.15) is 23.7 Å². The van der Waals surface area contributed by atoms with Gasteiger partial charge < -0.3 is 28.3 Å². The minimum absolute atomic E-state index is 0.140. The Labute approximate surface area is 269 Å². The monoisotopic (exact) mass is 619 g/mol. The Morgan fingerprint density at radius 2 is 1.17 bits per heavy atom. The summed E-state index contributed by atoms with van der Waals surface area (Å²) >= 11 is 0. The molecule has 4 aromatic carbocycles. The maximum Gasteiger partial charge on any atom is 0.355 e. The fourth-order valence-corrected chi connectivity index (χ4v) is 5.44. The van der Waals surface area contributed by atoms with E-state index in [9.17, 15) is 9.59 Å². The molecule has 8 nitrogen and oxygen atoms in total. The van der Waals surface area contributed by atoms with Crippen molar-refractivity contribution in [1.82, 2.24) is 4.57 Å². The first kappa shape index (κ1) is 31.9. The van der Waals surface area contributed by atoms with Crippen LogP contribution in [0.2, 0.25) is 0 Å². The third kappa shape index (κ3) is 6.76. The van der Waals surface area contributed by atoms with Crippen molar-refractivity contribution in [2.75, 3.05) is 27.4 Å². The van der Waals surface area contributed by atoms with Gasteiger partial charge >= 0.3 is 11.9 Å². The number of aromatic nitrogens is 1. The van der Waals surface area contributed by atoms with Gasteiger partial charge in [-0.15, -0.1) is 0 Å². The minimum atomic E-state index is -0.581. The lowest BCUT2D eigenvalue weighted by Crippen LogP contribution is -2.19. The van der Waals surface area contributed by atoms with E-state index < -0.39 is 11.9 Å². The quantitative estimate of drug-likeness (QED) is 0.124. The first-order valence-corrected chi connectivity index (χ1v) is 15.1. The molecule has 0 N–H and O–H groups in total. The van der Waals surface area contributed by atoms with Crippen LogP contribution >= 0.6 is 0 Å². The molecule has 8 heteroatoms. The zero-order valence-electron chi connectivity index (χ0n) is 26.4. The third-order valence-electron chi connectivity index (χ3n) is 7.45. The van der Waals surface area contributed by atoms with Crippen LogP contribution in [0.4, 0.5) is 0 Å². The molecule has 1 heterocycles. The van der Waals surface area contributed by atoms with Crippen LogP contribution in [0.5, 0.6) is 17.2 Å². The Kier molecular flexibility index (Phi) is 10.4. The number of para-hydroxylation sites is 1. The molecule has 0 unspecified atom stereocenters. The lowest BCUT2D eigenvalue weighted by molar-refractivity contribution is 0.0505. The van der Waals surface area contributed by atoms with Gasteiger partial charge in [-0.05, 0) is 48.7 Å². The number of carbonyl (C=O) groups excluding carboxylic acids is 2. The summed E-state index contributed by atoms with van der Waals surface area (Å²) in [7, 11) is 3.11. The molecule has 0 aliphatic heterocycles. The predicted molar refractivity (Wildman–Crippen MR) is 177 cm³/mol. The normalized spacial score (nSPS) is 10.7. The molecular formula is C38H37NO7. The average Bonchev–Trinajstić information content (AvgIpc) is 3.42. The zero-order chi connectivity index (χ0) is 32.5. The van der Waals surface area contributed by atoms with Gasteiger partial charge in [0.2, 0.25) is 0 Å². The summed E-state index contributed by atoms with van der Waals surface area (Å²) in [5.74, 6) is 0.353. The summed E-state index contributed by atoms with van der Waals surface area (Å²) in [6, 6.07) is 32.3. The van der Waals surface area contributed by atoms with Crippen molar-refractivity contribution in [2.45, 2.75) is 27.0 Å². The van der Waals surface area contributed by atoms with Crippen LogP contribution in [0.25, 0.3) is 22.3 Å². The molecule has 0 saturated carbocycles. The minimum Gasteiger partial charge on any atom is -0.493 e. The van der Waals surface area contributed by atoms with E-state index in [4.69, 9.17) is 23.7 Å². The van der Waals surface area contributed by atoms with E-state index >= 15 is 0 Å². The average molecular weight is 620 g/mol. The maximum atomic E-state index is 14.1. The van der Waals surface area contributed by atoms with Crippen molar-refractivity contribution < 1.29 is 33.3 Å². The number of hydrogen-bond donors (Lipinski definition) is 0. The molecule has 0 aliphatic carbocycles. The highest BCUT2D eigenvalue weighted by Crippen LogP contribution is 2.46. The van der Waals surface area contributed by atoms with Crippen molar-refractivity contribution >= 4 is 11.9 Å². The Morgan fingerprint density at radius 3 is 1.78 bits per heavy atom. The van der Waals surface area contributed by atoms with Crippen molar-refractivity contribution in [3.05, 3.63) is 126 Å². The molecule has 0 spiro atoms. The number of ether oxygens (including phenoxy) is 5. The predicted octanol–water partition coefficient (Wildman–Crippen LogP) is 7.82. The maximum absolute atomic E-state index is 14.1. The Hall–Kier alpha value is -5.50. The fraction of sp³-hybridized carbons (Fsp3) is 0.211. The molecule has 0 fully saturated rings. The van der Waals surface area contributed by atoms with Crippen LogP contribution in [0, 0.1) is 0 Å². The van der Waals surface area contributed by atoms with Gasteiger partial charge in [0.15, 0.2) is 11.5 Å².